The fourth-order valence-corrected chi connectivity index (χ4v) is 1.15. The SMILES string of the molecule is CSC(Cl)C(=O)Oc1ccc(C)cc1. The number of thioether (sulfide) groups is 1. The first-order valence-corrected chi connectivity index (χ1v) is 5.81. The van der Waals surface area contributed by atoms with Crippen LogP contribution in [-0.4, -0.2) is 16.9 Å². The summed E-state index contributed by atoms with van der Waals surface area (Å²) < 4.78 is 4.39. The smallest absolute Gasteiger partial charge is 0.339 e. The fraction of sp³-hybridized carbons (Fsp3) is 0.300. The largest absolute Gasteiger partial charge is 0.425 e. The lowest BCUT2D eigenvalue weighted by Crippen LogP contribution is -2.17. The number of alkyl halides is 1. The van der Waals surface area contributed by atoms with E-state index < -0.39 is 10.7 Å². The number of carbonyl (C=O) groups is 1. The summed E-state index contributed by atoms with van der Waals surface area (Å²) >= 11 is 6.93. The summed E-state index contributed by atoms with van der Waals surface area (Å²) in [4.78, 5) is 11.3. The predicted molar refractivity (Wildman–Crippen MR) is 60.0 cm³/mol. The zero-order valence-corrected chi connectivity index (χ0v) is 9.56. The van der Waals surface area contributed by atoms with Gasteiger partial charge in [0.1, 0.15) is 5.75 Å². The van der Waals surface area contributed by atoms with Crippen molar-refractivity contribution < 1.29 is 9.53 Å². The van der Waals surface area contributed by atoms with Crippen molar-refractivity contribution >= 4 is 29.3 Å². The normalized spacial score (nSPS) is 12.2. The van der Waals surface area contributed by atoms with Crippen LogP contribution >= 0.6 is 23.4 Å². The van der Waals surface area contributed by atoms with Gasteiger partial charge in [-0.1, -0.05) is 29.3 Å². The molecule has 0 heterocycles. The van der Waals surface area contributed by atoms with Gasteiger partial charge in [0, 0.05) is 0 Å². The van der Waals surface area contributed by atoms with Crippen LogP contribution in [0.25, 0.3) is 0 Å². The van der Waals surface area contributed by atoms with E-state index in [1.54, 1.807) is 18.4 Å². The first-order valence-electron chi connectivity index (χ1n) is 4.08. The van der Waals surface area contributed by atoms with Gasteiger partial charge in [-0.15, -0.1) is 11.8 Å². The van der Waals surface area contributed by atoms with Crippen LogP contribution in [0.5, 0.6) is 5.75 Å². The van der Waals surface area contributed by atoms with E-state index in [9.17, 15) is 4.79 Å². The number of ether oxygens (including phenoxy) is 1. The topological polar surface area (TPSA) is 26.3 Å². The standard InChI is InChI=1S/C10H11ClO2S/c1-7-3-5-8(6-4-7)13-10(12)9(11)14-2/h3-6,9H,1-2H3. The maximum Gasteiger partial charge on any atom is 0.339 e. The maximum atomic E-state index is 11.3. The Morgan fingerprint density at radius 3 is 2.50 bits per heavy atom. The summed E-state index contributed by atoms with van der Waals surface area (Å²) in [6, 6.07) is 7.25. The second-order valence-electron chi connectivity index (χ2n) is 2.79. The van der Waals surface area contributed by atoms with Crippen LogP contribution < -0.4 is 4.74 Å². The van der Waals surface area contributed by atoms with Gasteiger partial charge in [0.15, 0.2) is 4.71 Å². The van der Waals surface area contributed by atoms with Crippen LogP contribution in [0.1, 0.15) is 5.56 Å². The van der Waals surface area contributed by atoms with E-state index in [4.69, 9.17) is 16.3 Å². The zero-order chi connectivity index (χ0) is 10.6. The van der Waals surface area contributed by atoms with Gasteiger partial charge in [0.05, 0.1) is 0 Å². The van der Waals surface area contributed by atoms with Gasteiger partial charge >= 0.3 is 5.97 Å². The third-order valence-corrected chi connectivity index (χ3v) is 2.95. The first-order chi connectivity index (χ1) is 6.63. The highest BCUT2D eigenvalue weighted by atomic mass is 35.5. The molecule has 1 rings (SSSR count). The Morgan fingerprint density at radius 2 is 2.00 bits per heavy atom. The monoisotopic (exact) mass is 230 g/mol. The van der Waals surface area contributed by atoms with Crippen molar-refractivity contribution in [2.45, 2.75) is 11.6 Å². The molecule has 1 aromatic rings. The molecule has 0 radical (unpaired) electrons. The van der Waals surface area contributed by atoms with E-state index in [1.165, 1.54) is 11.8 Å². The Hall–Kier alpha value is -0.670. The van der Waals surface area contributed by atoms with Crippen LogP contribution in [0.2, 0.25) is 0 Å². The van der Waals surface area contributed by atoms with Crippen molar-refractivity contribution in [3.05, 3.63) is 29.8 Å². The summed E-state index contributed by atoms with van der Waals surface area (Å²) in [6.45, 7) is 1.97. The third kappa shape index (κ3) is 3.24. The number of rotatable bonds is 3. The minimum atomic E-state index is -0.642. The Morgan fingerprint density at radius 1 is 1.43 bits per heavy atom. The fourth-order valence-electron chi connectivity index (χ4n) is 0.865. The molecule has 0 amide bonds. The van der Waals surface area contributed by atoms with Crippen LogP contribution in [0.4, 0.5) is 0 Å². The van der Waals surface area contributed by atoms with Gasteiger partial charge in [0.25, 0.3) is 0 Å². The van der Waals surface area contributed by atoms with Gasteiger partial charge in [-0.25, -0.2) is 4.79 Å². The quantitative estimate of drug-likeness (QED) is 0.454. The van der Waals surface area contributed by atoms with E-state index in [1.807, 2.05) is 19.1 Å². The van der Waals surface area contributed by atoms with E-state index in [-0.39, 0.29) is 0 Å². The molecule has 0 N–H and O–H groups in total. The molecule has 2 nitrogen and oxygen atoms in total. The first kappa shape index (κ1) is 11.4. The minimum absolute atomic E-state index is 0.428. The van der Waals surface area contributed by atoms with E-state index in [0.29, 0.717) is 5.75 Å². The molecule has 0 bridgehead atoms. The average Bonchev–Trinajstić information content (AvgIpc) is 2.20. The van der Waals surface area contributed by atoms with Crippen molar-refractivity contribution in [3.63, 3.8) is 0 Å². The molecule has 1 unspecified atom stereocenters. The summed E-state index contributed by atoms with van der Waals surface area (Å²) in [6.07, 6.45) is 1.76. The molecule has 0 aromatic heterocycles. The molecule has 14 heavy (non-hydrogen) atoms. The molecule has 4 heteroatoms. The molecule has 0 aliphatic carbocycles. The summed E-state index contributed by atoms with van der Waals surface area (Å²) in [5.41, 5.74) is 1.12. The van der Waals surface area contributed by atoms with Crippen LogP contribution in [0, 0.1) is 6.92 Å². The number of aryl methyl sites for hydroxylation is 1. The summed E-state index contributed by atoms with van der Waals surface area (Å²) in [7, 11) is 0. The lowest BCUT2D eigenvalue weighted by molar-refractivity contribution is -0.132. The summed E-state index contributed by atoms with van der Waals surface area (Å²) in [5.74, 6) is 0.100. The highest BCUT2D eigenvalue weighted by Gasteiger charge is 2.15. The maximum absolute atomic E-state index is 11.3. The Balaban J connectivity index is 2.60. The van der Waals surface area contributed by atoms with Gasteiger partial charge in [0.2, 0.25) is 0 Å². The Kier molecular flexibility index (Phi) is 4.29. The van der Waals surface area contributed by atoms with E-state index in [2.05, 4.69) is 0 Å². The lowest BCUT2D eigenvalue weighted by atomic mass is 10.2. The minimum Gasteiger partial charge on any atom is -0.425 e. The number of carbonyl (C=O) groups excluding carboxylic acids is 1. The Bertz CT molecular complexity index is 310. The van der Waals surface area contributed by atoms with Gasteiger partial charge in [-0.3, -0.25) is 0 Å². The van der Waals surface area contributed by atoms with Crippen molar-refractivity contribution in [2.75, 3.05) is 6.26 Å². The van der Waals surface area contributed by atoms with Crippen molar-refractivity contribution in [1.82, 2.24) is 0 Å². The molecule has 0 spiro atoms. The van der Waals surface area contributed by atoms with Gasteiger partial charge in [-0.2, -0.15) is 0 Å². The van der Waals surface area contributed by atoms with Crippen molar-refractivity contribution in [2.24, 2.45) is 0 Å². The number of benzene rings is 1. The van der Waals surface area contributed by atoms with E-state index in [0.717, 1.165) is 5.56 Å². The van der Waals surface area contributed by atoms with Crippen LogP contribution in [0.3, 0.4) is 0 Å². The van der Waals surface area contributed by atoms with Gasteiger partial charge in [-0.05, 0) is 25.3 Å². The molecule has 0 fully saturated rings. The highest BCUT2D eigenvalue weighted by Crippen LogP contribution is 2.17. The van der Waals surface area contributed by atoms with Gasteiger partial charge < -0.3 is 4.74 Å². The zero-order valence-electron chi connectivity index (χ0n) is 7.99. The molecule has 0 aliphatic heterocycles. The van der Waals surface area contributed by atoms with Crippen LogP contribution in [-0.2, 0) is 4.79 Å². The van der Waals surface area contributed by atoms with Crippen molar-refractivity contribution in [3.8, 4) is 5.75 Å². The third-order valence-electron chi connectivity index (χ3n) is 1.63. The molecule has 76 valence electrons. The molecule has 1 atom stereocenters. The second kappa shape index (κ2) is 5.27. The average molecular weight is 231 g/mol. The highest BCUT2D eigenvalue weighted by molar-refractivity contribution is 8.01. The van der Waals surface area contributed by atoms with Crippen molar-refractivity contribution in [1.29, 1.82) is 0 Å². The lowest BCUT2D eigenvalue weighted by Gasteiger charge is -2.06. The number of esters is 1. The summed E-state index contributed by atoms with van der Waals surface area (Å²) in [5, 5.41) is 0. The number of hydrogen-bond donors (Lipinski definition) is 0. The number of halogens is 1. The van der Waals surface area contributed by atoms with E-state index >= 15 is 0 Å². The molecule has 1 aromatic carbocycles. The Labute approximate surface area is 92.6 Å². The number of hydrogen-bond acceptors (Lipinski definition) is 3. The molecular weight excluding hydrogens is 220 g/mol. The molecule has 0 saturated heterocycles. The molecular formula is C10H11ClO2S. The predicted octanol–water partition coefficient (Wildman–Crippen LogP) is 2.83. The molecule has 0 aliphatic rings. The second-order valence-corrected chi connectivity index (χ2v) is 4.42. The van der Waals surface area contributed by atoms with Crippen LogP contribution in [0.15, 0.2) is 24.3 Å². The molecule has 0 saturated carbocycles.